The van der Waals surface area contributed by atoms with E-state index in [1.807, 2.05) is 42.5 Å². The molecule has 0 spiro atoms. The van der Waals surface area contributed by atoms with Crippen molar-refractivity contribution in [2.75, 3.05) is 20.2 Å². The van der Waals surface area contributed by atoms with Crippen LogP contribution in [-0.2, 0) is 15.0 Å². The molecule has 1 N–H and O–H groups in total. The topological polar surface area (TPSA) is 66.8 Å². The number of methoxy groups -OCH3 is 1. The van der Waals surface area contributed by atoms with Crippen LogP contribution in [0.3, 0.4) is 0 Å². The molecule has 1 aliphatic heterocycles. The van der Waals surface area contributed by atoms with E-state index in [1.54, 1.807) is 24.2 Å². The number of carboxylic acids is 1. The molecule has 5 nitrogen and oxygen atoms in total. The first-order valence-electron chi connectivity index (χ1n) is 12.6. The highest BCUT2D eigenvalue weighted by Gasteiger charge is 2.70. The van der Waals surface area contributed by atoms with Crippen LogP contribution in [0.1, 0.15) is 41.0 Å². The van der Waals surface area contributed by atoms with Gasteiger partial charge in [0, 0.05) is 46.5 Å². The maximum atomic E-state index is 13.5. The summed E-state index contributed by atoms with van der Waals surface area (Å²) in [5, 5.41) is 10.8. The van der Waals surface area contributed by atoms with Gasteiger partial charge in [0.05, 0.1) is 12.5 Å². The van der Waals surface area contributed by atoms with Crippen molar-refractivity contribution in [3.63, 3.8) is 0 Å². The summed E-state index contributed by atoms with van der Waals surface area (Å²) in [6.07, 6.45) is 4.96. The van der Waals surface area contributed by atoms with Gasteiger partial charge in [-0.2, -0.15) is 0 Å². The van der Waals surface area contributed by atoms with Crippen LogP contribution >= 0.6 is 15.9 Å². The predicted molar refractivity (Wildman–Crippen MR) is 146 cm³/mol. The Bertz CT molecular complexity index is 1420. The Kier molecular flexibility index (Phi) is 5.75. The number of carboxylic acid groups (broad SMARTS) is 1. The zero-order valence-corrected chi connectivity index (χ0v) is 22.1. The number of likely N-dealkylation sites (tertiary alicyclic amines) is 1. The van der Waals surface area contributed by atoms with E-state index in [9.17, 15) is 14.7 Å². The van der Waals surface area contributed by atoms with E-state index in [1.165, 1.54) is 5.56 Å². The third-order valence-corrected chi connectivity index (χ3v) is 9.48. The minimum absolute atomic E-state index is 0.125. The molecule has 0 unspecified atom stereocenters. The summed E-state index contributed by atoms with van der Waals surface area (Å²) in [6.45, 7) is 0.613. The molecule has 1 saturated heterocycles. The van der Waals surface area contributed by atoms with Crippen LogP contribution in [0.15, 0.2) is 83.3 Å². The monoisotopic (exact) mass is 557 g/mol. The summed E-state index contributed by atoms with van der Waals surface area (Å²) in [4.78, 5) is 28.5. The van der Waals surface area contributed by atoms with Crippen LogP contribution in [0.2, 0.25) is 0 Å². The number of nitrogens with zero attached hydrogens (tertiary/aromatic N) is 1. The molecule has 2 fully saturated rings. The molecule has 4 aliphatic rings. The van der Waals surface area contributed by atoms with Gasteiger partial charge < -0.3 is 14.7 Å². The smallest absolute Gasteiger partial charge is 0.312 e. The van der Waals surface area contributed by atoms with Crippen LogP contribution in [0.4, 0.5) is 0 Å². The van der Waals surface area contributed by atoms with Gasteiger partial charge in [0.1, 0.15) is 5.75 Å². The fourth-order valence-corrected chi connectivity index (χ4v) is 7.71. The normalized spacial score (nSPS) is 27.7. The second-order valence-corrected chi connectivity index (χ2v) is 11.3. The van der Waals surface area contributed by atoms with Crippen molar-refractivity contribution in [2.24, 2.45) is 11.3 Å². The fourth-order valence-electron chi connectivity index (χ4n) is 7.44. The number of fused-ring (bicyclic) bond motifs is 1. The van der Waals surface area contributed by atoms with Crippen molar-refractivity contribution in [3.8, 4) is 5.75 Å². The van der Waals surface area contributed by atoms with Crippen LogP contribution in [0.5, 0.6) is 5.75 Å². The molecule has 3 aromatic carbocycles. The molecule has 6 heteroatoms. The number of amides is 1. The molecule has 37 heavy (non-hydrogen) atoms. The van der Waals surface area contributed by atoms with E-state index in [-0.39, 0.29) is 24.3 Å². The fraction of sp³-hybridized carbons (Fsp3) is 0.290. The van der Waals surface area contributed by atoms with Gasteiger partial charge in [-0.25, -0.2) is 0 Å². The maximum Gasteiger partial charge on any atom is 0.312 e. The lowest BCUT2D eigenvalue weighted by molar-refractivity contribution is -0.157. The van der Waals surface area contributed by atoms with Crippen molar-refractivity contribution in [2.45, 2.75) is 24.2 Å². The molecular formula is C31H28BrNO4. The first-order valence-corrected chi connectivity index (χ1v) is 13.4. The molecular weight excluding hydrogens is 530 g/mol. The lowest BCUT2D eigenvalue weighted by Crippen LogP contribution is -2.60. The van der Waals surface area contributed by atoms with Crippen molar-refractivity contribution < 1.29 is 19.4 Å². The molecule has 1 heterocycles. The van der Waals surface area contributed by atoms with Crippen LogP contribution in [-0.4, -0.2) is 42.1 Å². The average molecular weight is 558 g/mol. The number of hydrogen-bond acceptors (Lipinski definition) is 3. The Balaban J connectivity index is 1.45. The van der Waals surface area contributed by atoms with E-state index in [2.05, 4.69) is 46.3 Å². The molecule has 188 valence electrons. The molecule has 2 bridgehead atoms. The van der Waals surface area contributed by atoms with Crippen LogP contribution in [0, 0.1) is 11.3 Å². The molecule has 3 aromatic rings. The number of halogens is 1. The van der Waals surface area contributed by atoms with Gasteiger partial charge in [-0.1, -0.05) is 70.5 Å². The predicted octanol–water partition coefficient (Wildman–Crippen LogP) is 5.88. The summed E-state index contributed by atoms with van der Waals surface area (Å²) in [7, 11) is 1.60. The van der Waals surface area contributed by atoms with Crippen molar-refractivity contribution in [1.29, 1.82) is 0 Å². The highest BCUT2D eigenvalue weighted by Crippen LogP contribution is 2.68. The van der Waals surface area contributed by atoms with Gasteiger partial charge in [0.15, 0.2) is 0 Å². The molecule has 7 rings (SSSR count). The number of rotatable bonds is 5. The second kappa shape index (κ2) is 8.88. The van der Waals surface area contributed by atoms with E-state index >= 15 is 0 Å². The number of ether oxygens (including phenoxy) is 1. The summed E-state index contributed by atoms with van der Waals surface area (Å²) >= 11 is 3.55. The minimum atomic E-state index is -1.03. The first kappa shape index (κ1) is 24.0. The third-order valence-electron chi connectivity index (χ3n) is 8.95. The maximum absolute atomic E-state index is 13.5. The summed E-state index contributed by atoms with van der Waals surface area (Å²) in [5.41, 5.74) is 2.76. The first-order chi connectivity index (χ1) is 17.9. The Labute approximate surface area is 224 Å². The van der Waals surface area contributed by atoms with E-state index in [0.717, 1.165) is 34.0 Å². The average Bonchev–Trinajstić information content (AvgIpc) is 3.37. The summed E-state index contributed by atoms with van der Waals surface area (Å²) in [6, 6.07) is 24.1. The number of para-hydroxylation sites is 1. The third kappa shape index (κ3) is 3.42. The Morgan fingerprint density at radius 2 is 1.78 bits per heavy atom. The van der Waals surface area contributed by atoms with Gasteiger partial charge in [0.2, 0.25) is 5.91 Å². The molecule has 0 radical (unpaired) electrons. The van der Waals surface area contributed by atoms with Gasteiger partial charge in [-0.3, -0.25) is 9.59 Å². The quantitative estimate of drug-likeness (QED) is 0.398. The molecule has 1 amide bonds. The number of aliphatic carboxylic acids is 1. The number of hydrogen-bond donors (Lipinski definition) is 1. The molecule has 3 aliphatic carbocycles. The zero-order chi connectivity index (χ0) is 25.8. The van der Waals surface area contributed by atoms with E-state index < -0.39 is 16.8 Å². The van der Waals surface area contributed by atoms with Crippen LogP contribution in [0.25, 0.3) is 6.08 Å². The number of benzene rings is 3. The number of carbonyl (C=O) groups excluding carboxylic acids is 1. The SMILES string of the molecule is COc1ccccc1/C=C/C(=O)N1C[C@H]2[C@]3(c4ccc(Br)cc4)CC[C@@H](c4ccccc43)[C@@]2(C(=O)O)C1. The lowest BCUT2D eigenvalue weighted by atomic mass is 9.42. The molecule has 1 saturated carbocycles. The van der Waals surface area contributed by atoms with Crippen molar-refractivity contribution in [1.82, 2.24) is 4.90 Å². The lowest BCUT2D eigenvalue weighted by Gasteiger charge is -2.59. The highest BCUT2D eigenvalue weighted by molar-refractivity contribution is 9.10. The van der Waals surface area contributed by atoms with E-state index in [4.69, 9.17) is 4.74 Å². The largest absolute Gasteiger partial charge is 0.496 e. The summed E-state index contributed by atoms with van der Waals surface area (Å²) < 4.78 is 6.40. The van der Waals surface area contributed by atoms with Gasteiger partial charge in [-0.05, 0) is 53.8 Å². The van der Waals surface area contributed by atoms with Gasteiger partial charge in [0.25, 0.3) is 0 Å². The Hall–Kier alpha value is -3.38. The highest BCUT2D eigenvalue weighted by atomic mass is 79.9. The standard InChI is InChI=1S/C31H28BrNO4/c1-37-26-9-5-2-6-20(26)10-15-28(34)33-18-27-30(21-11-13-22(32)14-12-21)17-16-25(31(27,19-33)29(35)36)23-7-3-4-8-24(23)30/h2-15,25,27H,16-19H2,1H3,(H,35,36)/b15-10+/t25-,27-,30-,31-/m0/s1. The summed E-state index contributed by atoms with van der Waals surface area (Å²) in [5.74, 6) is -0.640. The Morgan fingerprint density at radius 3 is 2.54 bits per heavy atom. The van der Waals surface area contributed by atoms with Gasteiger partial charge in [-0.15, -0.1) is 0 Å². The van der Waals surface area contributed by atoms with Crippen molar-refractivity contribution >= 4 is 33.9 Å². The zero-order valence-electron chi connectivity index (χ0n) is 20.6. The minimum Gasteiger partial charge on any atom is -0.496 e. The van der Waals surface area contributed by atoms with Gasteiger partial charge >= 0.3 is 5.97 Å². The number of carbonyl (C=O) groups is 2. The second-order valence-electron chi connectivity index (χ2n) is 10.3. The Morgan fingerprint density at radius 1 is 1.05 bits per heavy atom. The van der Waals surface area contributed by atoms with Crippen LogP contribution < -0.4 is 4.74 Å². The van der Waals surface area contributed by atoms with E-state index in [0.29, 0.717) is 12.3 Å². The molecule has 0 aromatic heterocycles. The molecule has 4 atom stereocenters. The van der Waals surface area contributed by atoms with Crippen molar-refractivity contribution in [3.05, 3.63) is 106 Å².